The summed E-state index contributed by atoms with van der Waals surface area (Å²) in [7, 11) is 0. The van der Waals surface area contributed by atoms with Gasteiger partial charge in [-0.3, -0.25) is 0 Å². The van der Waals surface area contributed by atoms with Crippen LogP contribution in [0, 0.1) is 0 Å². The van der Waals surface area contributed by atoms with Crippen molar-refractivity contribution in [1.29, 1.82) is 0 Å². The molecule has 1 saturated carbocycles. The van der Waals surface area contributed by atoms with E-state index in [4.69, 9.17) is 20.7 Å². The molecule has 2 aromatic carbocycles. The molecule has 1 aliphatic carbocycles. The van der Waals surface area contributed by atoms with Crippen LogP contribution in [0.1, 0.15) is 43.7 Å². The molecule has 0 unspecified atom stereocenters. The van der Waals surface area contributed by atoms with Gasteiger partial charge in [0.15, 0.2) is 17.3 Å². The molecule has 0 radical (unpaired) electrons. The van der Waals surface area contributed by atoms with Crippen LogP contribution in [0.3, 0.4) is 0 Å². The minimum atomic E-state index is 0.453. The fourth-order valence-corrected chi connectivity index (χ4v) is 4.25. The highest BCUT2D eigenvalue weighted by Gasteiger charge is 2.21. The van der Waals surface area contributed by atoms with Gasteiger partial charge in [0.25, 0.3) is 0 Å². The van der Waals surface area contributed by atoms with Crippen LogP contribution in [0.25, 0.3) is 22.6 Å². The average Bonchev–Trinajstić information content (AvgIpc) is 3.23. The minimum Gasteiger partial charge on any atom is -0.399 e. The van der Waals surface area contributed by atoms with E-state index in [1.54, 1.807) is 0 Å². The summed E-state index contributed by atoms with van der Waals surface area (Å²) in [6, 6.07) is 18.5. The molecule has 1 fully saturated rings. The number of rotatable bonds is 5. The second-order valence-electron chi connectivity index (χ2n) is 7.98. The van der Waals surface area contributed by atoms with Gasteiger partial charge in [-0.05, 0) is 30.5 Å². The van der Waals surface area contributed by atoms with Gasteiger partial charge in [-0.1, -0.05) is 61.7 Å². The number of aromatic nitrogens is 4. The van der Waals surface area contributed by atoms with Gasteiger partial charge in [0.1, 0.15) is 5.52 Å². The molecule has 5 rings (SSSR count). The highest BCUT2D eigenvalue weighted by atomic mass is 15.2. The standard InChI is InChI=1S/C24H26N6/c25-19-11-7-10-18(14-19)22-28-23(26-15-17-8-3-1-4-9-17)21-24(29-22)30(16-27-21)20-12-5-2-6-13-20/h1,3-4,7-11,14,16,20H,2,5-6,12-13,15,25H2,(H,26,28,29). The largest absolute Gasteiger partial charge is 0.399 e. The predicted octanol–water partition coefficient (Wildman–Crippen LogP) is 5.19. The van der Waals surface area contributed by atoms with E-state index in [2.05, 4.69) is 22.0 Å². The quantitative estimate of drug-likeness (QED) is 0.452. The molecule has 2 aromatic heterocycles. The van der Waals surface area contributed by atoms with Crippen molar-refractivity contribution in [2.75, 3.05) is 11.1 Å². The number of hydrogen-bond donors (Lipinski definition) is 2. The third kappa shape index (κ3) is 3.73. The van der Waals surface area contributed by atoms with Gasteiger partial charge in [0.2, 0.25) is 0 Å². The van der Waals surface area contributed by atoms with E-state index < -0.39 is 0 Å². The molecule has 0 amide bonds. The zero-order chi connectivity index (χ0) is 20.3. The fourth-order valence-electron chi connectivity index (χ4n) is 4.25. The first-order chi connectivity index (χ1) is 14.8. The first-order valence-corrected chi connectivity index (χ1v) is 10.7. The van der Waals surface area contributed by atoms with Crippen molar-refractivity contribution in [2.45, 2.75) is 44.7 Å². The SMILES string of the molecule is Nc1cccc(-c2nc(NCc3ccccc3)c3ncn(C4CCCCC4)c3n2)c1. The van der Waals surface area contributed by atoms with Crippen LogP contribution in [0.2, 0.25) is 0 Å². The second kappa shape index (κ2) is 8.14. The van der Waals surface area contributed by atoms with E-state index in [9.17, 15) is 0 Å². The summed E-state index contributed by atoms with van der Waals surface area (Å²) in [4.78, 5) is 14.5. The van der Waals surface area contributed by atoms with Gasteiger partial charge in [-0.2, -0.15) is 0 Å². The van der Waals surface area contributed by atoms with Crippen molar-refractivity contribution in [3.8, 4) is 11.4 Å². The van der Waals surface area contributed by atoms with Crippen LogP contribution in [-0.4, -0.2) is 19.5 Å². The minimum absolute atomic E-state index is 0.453. The number of anilines is 2. The molecule has 2 heterocycles. The smallest absolute Gasteiger partial charge is 0.166 e. The molecule has 0 atom stereocenters. The second-order valence-corrected chi connectivity index (χ2v) is 7.98. The molecule has 152 valence electrons. The molecule has 0 saturated heterocycles. The maximum Gasteiger partial charge on any atom is 0.166 e. The number of fused-ring (bicyclic) bond motifs is 1. The first kappa shape index (κ1) is 18.6. The fraction of sp³-hybridized carbons (Fsp3) is 0.292. The number of imidazole rings is 1. The zero-order valence-corrected chi connectivity index (χ0v) is 17.0. The Morgan fingerprint density at radius 3 is 2.60 bits per heavy atom. The van der Waals surface area contributed by atoms with Gasteiger partial charge in [0.05, 0.1) is 6.33 Å². The van der Waals surface area contributed by atoms with E-state index in [0.29, 0.717) is 24.1 Å². The molecule has 0 spiro atoms. The van der Waals surface area contributed by atoms with E-state index in [1.807, 2.05) is 48.8 Å². The molecular weight excluding hydrogens is 372 g/mol. The third-order valence-electron chi connectivity index (χ3n) is 5.84. The maximum absolute atomic E-state index is 6.02. The van der Waals surface area contributed by atoms with Gasteiger partial charge >= 0.3 is 0 Å². The van der Waals surface area contributed by atoms with E-state index >= 15 is 0 Å². The van der Waals surface area contributed by atoms with Gasteiger partial charge < -0.3 is 15.6 Å². The summed E-state index contributed by atoms with van der Waals surface area (Å²) in [5.41, 5.74) is 10.5. The lowest BCUT2D eigenvalue weighted by Gasteiger charge is -2.23. The number of nitrogens with one attached hydrogen (secondary N) is 1. The van der Waals surface area contributed by atoms with Crippen LogP contribution in [0.15, 0.2) is 60.9 Å². The normalized spacial score (nSPS) is 14.8. The Morgan fingerprint density at radius 1 is 0.967 bits per heavy atom. The Bertz CT molecular complexity index is 1150. The number of benzene rings is 2. The summed E-state index contributed by atoms with van der Waals surface area (Å²) < 4.78 is 2.25. The highest BCUT2D eigenvalue weighted by molar-refractivity contribution is 5.85. The van der Waals surface area contributed by atoms with Crippen LogP contribution in [0.4, 0.5) is 11.5 Å². The molecule has 6 heteroatoms. The lowest BCUT2D eigenvalue weighted by atomic mass is 9.95. The number of hydrogen-bond acceptors (Lipinski definition) is 5. The van der Waals surface area contributed by atoms with Gasteiger partial charge in [-0.25, -0.2) is 15.0 Å². The summed E-state index contributed by atoms with van der Waals surface area (Å²) >= 11 is 0. The highest BCUT2D eigenvalue weighted by Crippen LogP contribution is 2.32. The number of nitrogens with zero attached hydrogens (tertiary/aromatic N) is 4. The Morgan fingerprint density at radius 2 is 1.80 bits per heavy atom. The van der Waals surface area contributed by atoms with E-state index in [1.165, 1.54) is 37.7 Å². The predicted molar refractivity (Wildman–Crippen MR) is 121 cm³/mol. The van der Waals surface area contributed by atoms with Crippen molar-refractivity contribution in [1.82, 2.24) is 19.5 Å². The molecule has 1 aliphatic rings. The summed E-state index contributed by atoms with van der Waals surface area (Å²) in [5, 5.41) is 3.49. The third-order valence-corrected chi connectivity index (χ3v) is 5.84. The zero-order valence-electron chi connectivity index (χ0n) is 17.0. The molecule has 0 aliphatic heterocycles. The van der Waals surface area contributed by atoms with Crippen molar-refractivity contribution in [3.63, 3.8) is 0 Å². The van der Waals surface area contributed by atoms with Crippen LogP contribution >= 0.6 is 0 Å². The van der Waals surface area contributed by atoms with E-state index in [-0.39, 0.29) is 0 Å². The molecule has 0 bridgehead atoms. The van der Waals surface area contributed by atoms with Crippen molar-refractivity contribution < 1.29 is 0 Å². The van der Waals surface area contributed by atoms with Crippen LogP contribution in [0.5, 0.6) is 0 Å². The van der Waals surface area contributed by atoms with Crippen molar-refractivity contribution in [3.05, 3.63) is 66.5 Å². The Kier molecular flexibility index (Phi) is 5.05. The Hall–Kier alpha value is -3.41. The summed E-state index contributed by atoms with van der Waals surface area (Å²) in [6.45, 7) is 0.680. The molecule has 4 aromatic rings. The van der Waals surface area contributed by atoms with Gasteiger partial charge in [0, 0.05) is 23.8 Å². The van der Waals surface area contributed by atoms with Gasteiger partial charge in [-0.15, -0.1) is 0 Å². The molecule has 6 nitrogen and oxygen atoms in total. The Balaban J connectivity index is 1.58. The van der Waals surface area contributed by atoms with Crippen LogP contribution in [-0.2, 0) is 6.54 Å². The van der Waals surface area contributed by atoms with E-state index in [0.717, 1.165) is 22.5 Å². The molecular formula is C24H26N6. The Labute approximate surface area is 176 Å². The first-order valence-electron chi connectivity index (χ1n) is 10.7. The molecule has 3 N–H and O–H groups in total. The number of nitrogens with two attached hydrogens (primary N) is 1. The monoisotopic (exact) mass is 398 g/mol. The van der Waals surface area contributed by atoms with Crippen molar-refractivity contribution >= 4 is 22.7 Å². The van der Waals surface area contributed by atoms with Crippen LogP contribution < -0.4 is 11.1 Å². The molecule has 30 heavy (non-hydrogen) atoms. The average molecular weight is 399 g/mol. The lowest BCUT2D eigenvalue weighted by molar-refractivity contribution is 0.358. The lowest BCUT2D eigenvalue weighted by Crippen LogP contribution is -2.13. The summed E-state index contributed by atoms with van der Waals surface area (Å²) in [6.07, 6.45) is 8.13. The summed E-state index contributed by atoms with van der Waals surface area (Å²) in [5.74, 6) is 1.43. The maximum atomic E-state index is 6.02. The number of nitrogen functional groups attached to an aromatic ring is 1. The topological polar surface area (TPSA) is 81.6 Å². The van der Waals surface area contributed by atoms with Crippen molar-refractivity contribution in [2.24, 2.45) is 0 Å².